The molecule has 0 spiro atoms. The summed E-state index contributed by atoms with van der Waals surface area (Å²) in [5.74, 6) is 0.742. The zero-order valence-corrected chi connectivity index (χ0v) is 18.9. The van der Waals surface area contributed by atoms with Crippen molar-refractivity contribution in [1.82, 2.24) is 20.5 Å². The van der Waals surface area contributed by atoms with E-state index in [9.17, 15) is 4.79 Å². The number of thiazole rings is 1. The molecule has 0 radical (unpaired) electrons. The number of aliphatic imine (C=N–C) groups is 1. The van der Waals surface area contributed by atoms with Gasteiger partial charge in [-0.3, -0.25) is 4.99 Å². The van der Waals surface area contributed by atoms with Crippen molar-refractivity contribution in [2.45, 2.75) is 52.9 Å². The number of guanidine groups is 1. The summed E-state index contributed by atoms with van der Waals surface area (Å²) in [5, 5.41) is 6.61. The molecule has 8 heteroatoms. The molecule has 0 aliphatic rings. The molecule has 2 aromatic rings. The zero-order chi connectivity index (χ0) is 21.4. The summed E-state index contributed by atoms with van der Waals surface area (Å²) >= 11 is 1.63. The monoisotopic (exact) mass is 417 g/mol. The Morgan fingerprint density at radius 2 is 1.79 bits per heavy atom. The van der Waals surface area contributed by atoms with Crippen molar-refractivity contribution in [1.29, 1.82) is 0 Å². The van der Waals surface area contributed by atoms with Crippen LogP contribution in [0.2, 0.25) is 0 Å². The number of rotatable bonds is 6. The average molecular weight is 418 g/mol. The first-order valence-electron chi connectivity index (χ1n) is 9.53. The second-order valence-electron chi connectivity index (χ2n) is 7.79. The lowest BCUT2D eigenvalue weighted by Crippen LogP contribution is -2.36. The summed E-state index contributed by atoms with van der Waals surface area (Å²) in [6.07, 6.45) is -0.325. The molecule has 0 atom stereocenters. The third kappa shape index (κ3) is 7.73. The van der Waals surface area contributed by atoms with Crippen molar-refractivity contribution in [2.24, 2.45) is 4.99 Å². The van der Waals surface area contributed by atoms with E-state index in [1.165, 1.54) is 4.88 Å². The Kier molecular flexibility index (Phi) is 8.01. The molecular weight excluding hydrogens is 386 g/mol. The fraction of sp³-hybridized carbons (Fsp3) is 0.476. The van der Waals surface area contributed by atoms with Crippen LogP contribution in [-0.2, 0) is 24.4 Å². The number of amides is 1. The maximum absolute atomic E-state index is 12.1. The summed E-state index contributed by atoms with van der Waals surface area (Å²) in [6.45, 7) is 9.45. The van der Waals surface area contributed by atoms with Crippen molar-refractivity contribution in [3.05, 3.63) is 51.5 Å². The Morgan fingerprint density at radius 1 is 1.17 bits per heavy atom. The van der Waals surface area contributed by atoms with Crippen molar-refractivity contribution in [3.63, 3.8) is 0 Å². The van der Waals surface area contributed by atoms with Crippen molar-refractivity contribution in [3.8, 4) is 0 Å². The predicted octanol–water partition coefficient (Wildman–Crippen LogP) is 3.68. The molecular formula is C21H31N5O2S. The Hall–Kier alpha value is -2.61. The number of ether oxygens (including phenoxy) is 1. The van der Waals surface area contributed by atoms with Crippen molar-refractivity contribution < 1.29 is 9.53 Å². The normalized spacial score (nSPS) is 11.9. The van der Waals surface area contributed by atoms with E-state index in [0.29, 0.717) is 19.6 Å². The first kappa shape index (κ1) is 22.7. The Bertz CT molecular complexity index is 824. The molecule has 2 rings (SSSR count). The van der Waals surface area contributed by atoms with E-state index < -0.39 is 5.60 Å². The van der Waals surface area contributed by atoms with Gasteiger partial charge in [-0.2, -0.15) is 0 Å². The van der Waals surface area contributed by atoms with Gasteiger partial charge in [0.05, 0.1) is 17.7 Å². The Morgan fingerprint density at radius 3 is 2.34 bits per heavy atom. The minimum absolute atomic E-state index is 0.325. The highest BCUT2D eigenvalue weighted by Crippen LogP contribution is 2.13. The van der Waals surface area contributed by atoms with Crippen LogP contribution in [0.25, 0.3) is 0 Å². The zero-order valence-electron chi connectivity index (χ0n) is 18.1. The molecule has 0 fully saturated rings. The van der Waals surface area contributed by atoms with Crippen molar-refractivity contribution in [2.75, 3.05) is 14.1 Å². The SMILES string of the molecule is CN=C(NCc1ccc(CN(C)C(=O)OC(C)(C)C)cc1)NCc1scnc1C. The summed E-state index contributed by atoms with van der Waals surface area (Å²) in [7, 11) is 3.49. The van der Waals surface area contributed by atoms with Gasteiger partial charge in [0.2, 0.25) is 0 Å². The van der Waals surface area contributed by atoms with Crippen molar-refractivity contribution >= 4 is 23.4 Å². The molecule has 2 N–H and O–H groups in total. The van der Waals surface area contributed by atoms with Crippen LogP contribution in [-0.4, -0.2) is 41.6 Å². The highest BCUT2D eigenvalue weighted by atomic mass is 32.1. The molecule has 0 saturated heterocycles. The maximum Gasteiger partial charge on any atom is 0.410 e. The van der Waals surface area contributed by atoms with Gasteiger partial charge in [-0.1, -0.05) is 24.3 Å². The van der Waals surface area contributed by atoms with E-state index in [-0.39, 0.29) is 6.09 Å². The number of benzene rings is 1. The van der Waals surface area contributed by atoms with Gasteiger partial charge < -0.3 is 20.3 Å². The van der Waals surface area contributed by atoms with Gasteiger partial charge in [0.25, 0.3) is 0 Å². The lowest BCUT2D eigenvalue weighted by molar-refractivity contribution is 0.0285. The van der Waals surface area contributed by atoms with Crippen LogP contribution < -0.4 is 10.6 Å². The molecule has 0 bridgehead atoms. The average Bonchev–Trinajstić information content (AvgIpc) is 3.06. The number of nitrogens with one attached hydrogen (secondary N) is 2. The fourth-order valence-electron chi connectivity index (χ4n) is 2.51. The minimum Gasteiger partial charge on any atom is -0.444 e. The summed E-state index contributed by atoms with van der Waals surface area (Å²) in [6, 6.07) is 8.14. The fourth-order valence-corrected chi connectivity index (χ4v) is 3.22. The largest absolute Gasteiger partial charge is 0.444 e. The smallest absolute Gasteiger partial charge is 0.410 e. The number of nitrogens with zero attached hydrogens (tertiary/aromatic N) is 3. The third-order valence-corrected chi connectivity index (χ3v) is 5.03. The van der Waals surface area contributed by atoms with Crippen LogP contribution in [0.4, 0.5) is 4.79 Å². The standard InChI is InChI=1S/C21H31N5O2S/c1-15-18(29-14-25-15)12-24-19(22-5)23-11-16-7-9-17(10-8-16)13-26(6)20(27)28-21(2,3)4/h7-10,14H,11-13H2,1-6H3,(H2,22,23,24). The van der Waals surface area contributed by atoms with E-state index in [1.807, 2.05) is 57.5 Å². The lowest BCUT2D eigenvalue weighted by atomic mass is 10.1. The molecule has 1 aromatic carbocycles. The quantitative estimate of drug-likeness (QED) is 0.554. The summed E-state index contributed by atoms with van der Waals surface area (Å²) in [4.78, 5) is 23.4. The number of aryl methyl sites for hydroxylation is 1. The molecule has 0 aliphatic heterocycles. The van der Waals surface area contributed by atoms with E-state index in [1.54, 1.807) is 30.3 Å². The molecule has 0 aliphatic carbocycles. The van der Waals surface area contributed by atoms with Gasteiger partial charge in [0, 0.05) is 32.1 Å². The lowest BCUT2D eigenvalue weighted by Gasteiger charge is -2.24. The van der Waals surface area contributed by atoms with Crippen LogP contribution in [0.1, 0.15) is 42.5 Å². The van der Waals surface area contributed by atoms with Gasteiger partial charge in [-0.05, 0) is 38.8 Å². The highest BCUT2D eigenvalue weighted by molar-refractivity contribution is 7.09. The molecule has 7 nitrogen and oxygen atoms in total. The van der Waals surface area contributed by atoms with Gasteiger partial charge in [-0.25, -0.2) is 9.78 Å². The Labute approximate surface area is 177 Å². The molecule has 29 heavy (non-hydrogen) atoms. The second kappa shape index (κ2) is 10.2. The second-order valence-corrected chi connectivity index (χ2v) is 8.73. The molecule has 1 amide bonds. The van der Waals surface area contributed by atoms with Crippen LogP contribution in [0.15, 0.2) is 34.8 Å². The van der Waals surface area contributed by atoms with E-state index >= 15 is 0 Å². The van der Waals surface area contributed by atoms with Crippen LogP contribution in [0.5, 0.6) is 0 Å². The summed E-state index contributed by atoms with van der Waals surface area (Å²) < 4.78 is 5.38. The van der Waals surface area contributed by atoms with E-state index in [0.717, 1.165) is 22.8 Å². The number of hydrogen-bond acceptors (Lipinski definition) is 5. The highest BCUT2D eigenvalue weighted by Gasteiger charge is 2.19. The van der Waals surface area contributed by atoms with Crippen LogP contribution in [0.3, 0.4) is 0 Å². The van der Waals surface area contributed by atoms with Crippen LogP contribution >= 0.6 is 11.3 Å². The number of aromatic nitrogens is 1. The molecule has 0 saturated carbocycles. The third-order valence-electron chi connectivity index (χ3n) is 4.09. The van der Waals surface area contributed by atoms with Gasteiger partial charge in [-0.15, -0.1) is 11.3 Å². The summed E-state index contributed by atoms with van der Waals surface area (Å²) in [5.41, 5.74) is 4.58. The molecule has 1 heterocycles. The van der Waals surface area contributed by atoms with Gasteiger partial charge in [0.15, 0.2) is 5.96 Å². The maximum atomic E-state index is 12.1. The Balaban J connectivity index is 1.82. The molecule has 0 unspecified atom stereocenters. The minimum atomic E-state index is -0.494. The number of carbonyl (C=O) groups is 1. The van der Waals surface area contributed by atoms with Crippen LogP contribution in [0, 0.1) is 6.92 Å². The first-order valence-corrected chi connectivity index (χ1v) is 10.4. The van der Waals surface area contributed by atoms with Gasteiger partial charge in [0.1, 0.15) is 5.60 Å². The number of carbonyl (C=O) groups excluding carboxylic acids is 1. The number of hydrogen-bond donors (Lipinski definition) is 2. The van der Waals surface area contributed by atoms with Gasteiger partial charge >= 0.3 is 6.09 Å². The first-order chi connectivity index (χ1) is 13.7. The van der Waals surface area contributed by atoms with E-state index in [4.69, 9.17) is 4.74 Å². The molecule has 1 aromatic heterocycles. The predicted molar refractivity (Wildman–Crippen MR) is 118 cm³/mol. The van der Waals surface area contributed by atoms with E-state index in [2.05, 4.69) is 20.6 Å². The molecule has 158 valence electrons. The topological polar surface area (TPSA) is 78.9 Å².